The van der Waals surface area contributed by atoms with Gasteiger partial charge >= 0.3 is 0 Å². The molecule has 0 aliphatic carbocycles. The lowest BCUT2D eigenvalue weighted by molar-refractivity contribution is 0.189. The van der Waals surface area contributed by atoms with Crippen LogP contribution in [-0.2, 0) is 0 Å². The van der Waals surface area contributed by atoms with Gasteiger partial charge in [-0.3, -0.25) is 0 Å². The number of aromatic nitrogens is 1. The molecular weight excluding hydrogens is 210 g/mol. The molecular formula is C11H15NO2S. The summed E-state index contributed by atoms with van der Waals surface area (Å²) in [5.74, 6) is -0.604. The van der Waals surface area contributed by atoms with Crippen LogP contribution in [0.5, 0.6) is 0 Å². The SMILES string of the molecule is C/C(=C\c1csc(C)n1)CCC=C(O)O. The Labute approximate surface area is 93.4 Å². The molecule has 0 amide bonds. The molecule has 0 fully saturated rings. The summed E-state index contributed by atoms with van der Waals surface area (Å²) < 4.78 is 0. The predicted octanol–water partition coefficient (Wildman–Crippen LogP) is 3.59. The van der Waals surface area contributed by atoms with Crippen molar-refractivity contribution in [2.24, 2.45) is 0 Å². The van der Waals surface area contributed by atoms with Crippen LogP contribution in [0.3, 0.4) is 0 Å². The summed E-state index contributed by atoms with van der Waals surface area (Å²) >= 11 is 1.63. The number of aliphatic hydroxyl groups excluding tert-OH is 1. The molecule has 0 saturated carbocycles. The topological polar surface area (TPSA) is 53.4 Å². The molecule has 0 aliphatic heterocycles. The Balaban J connectivity index is 2.50. The average Bonchev–Trinajstić information content (AvgIpc) is 2.50. The van der Waals surface area contributed by atoms with E-state index in [1.165, 1.54) is 11.6 Å². The van der Waals surface area contributed by atoms with Gasteiger partial charge in [0.25, 0.3) is 5.95 Å². The zero-order valence-electron chi connectivity index (χ0n) is 8.90. The minimum atomic E-state index is -0.604. The van der Waals surface area contributed by atoms with Gasteiger partial charge in [-0.1, -0.05) is 5.57 Å². The van der Waals surface area contributed by atoms with Crippen LogP contribution in [0.15, 0.2) is 23.0 Å². The van der Waals surface area contributed by atoms with Gasteiger partial charge in [0.05, 0.1) is 10.7 Å². The van der Waals surface area contributed by atoms with Crippen LogP contribution in [0.25, 0.3) is 6.08 Å². The van der Waals surface area contributed by atoms with Crippen molar-refractivity contribution in [3.63, 3.8) is 0 Å². The maximum Gasteiger partial charge on any atom is 0.269 e. The Kier molecular flexibility index (Phi) is 4.37. The average molecular weight is 225 g/mol. The van der Waals surface area contributed by atoms with E-state index in [2.05, 4.69) is 4.98 Å². The molecule has 1 rings (SSSR count). The van der Waals surface area contributed by atoms with Gasteiger partial charge in [0.15, 0.2) is 0 Å². The standard InChI is InChI=1S/C11H15NO2S/c1-8(4-3-5-11(13)14)6-10-7-15-9(2)12-10/h5-7,13-14H,3-4H2,1-2H3/b8-6+. The summed E-state index contributed by atoms with van der Waals surface area (Å²) in [5, 5.41) is 20.2. The highest BCUT2D eigenvalue weighted by atomic mass is 32.1. The van der Waals surface area contributed by atoms with E-state index in [1.807, 2.05) is 25.3 Å². The second-order valence-electron chi connectivity index (χ2n) is 3.38. The first-order chi connectivity index (χ1) is 7.08. The molecule has 0 radical (unpaired) electrons. The molecule has 0 aromatic carbocycles. The van der Waals surface area contributed by atoms with Crippen molar-refractivity contribution in [1.82, 2.24) is 4.98 Å². The van der Waals surface area contributed by atoms with Crippen molar-refractivity contribution >= 4 is 17.4 Å². The number of rotatable bonds is 4. The predicted molar refractivity (Wildman–Crippen MR) is 63.1 cm³/mol. The minimum Gasteiger partial charge on any atom is -0.481 e. The van der Waals surface area contributed by atoms with Gasteiger partial charge in [0, 0.05) is 5.38 Å². The fourth-order valence-electron chi connectivity index (χ4n) is 1.20. The Morgan fingerprint density at radius 3 is 2.80 bits per heavy atom. The van der Waals surface area contributed by atoms with Crippen molar-refractivity contribution in [3.05, 3.63) is 33.7 Å². The highest BCUT2D eigenvalue weighted by molar-refractivity contribution is 7.09. The molecule has 1 aromatic heterocycles. The summed E-state index contributed by atoms with van der Waals surface area (Å²) in [4.78, 5) is 4.32. The largest absolute Gasteiger partial charge is 0.481 e. The smallest absolute Gasteiger partial charge is 0.269 e. The number of allylic oxidation sites excluding steroid dienone is 2. The third kappa shape index (κ3) is 4.65. The number of aliphatic hydroxyl groups is 2. The number of hydrogen-bond donors (Lipinski definition) is 2. The lowest BCUT2D eigenvalue weighted by Crippen LogP contribution is -1.81. The number of hydrogen-bond acceptors (Lipinski definition) is 4. The Bertz CT molecular complexity index is 376. The van der Waals surface area contributed by atoms with Crippen LogP contribution < -0.4 is 0 Å². The van der Waals surface area contributed by atoms with Crippen LogP contribution in [0.4, 0.5) is 0 Å². The van der Waals surface area contributed by atoms with E-state index >= 15 is 0 Å². The van der Waals surface area contributed by atoms with E-state index in [1.54, 1.807) is 11.3 Å². The summed E-state index contributed by atoms with van der Waals surface area (Å²) in [5.41, 5.74) is 2.16. The Hall–Kier alpha value is -1.29. The first-order valence-corrected chi connectivity index (χ1v) is 5.63. The first kappa shape index (κ1) is 11.8. The van der Waals surface area contributed by atoms with Crippen LogP contribution in [0, 0.1) is 6.92 Å². The fraction of sp³-hybridized carbons (Fsp3) is 0.364. The zero-order valence-corrected chi connectivity index (χ0v) is 9.71. The highest BCUT2D eigenvalue weighted by Gasteiger charge is 1.96. The maximum atomic E-state index is 8.54. The van der Waals surface area contributed by atoms with Crippen LogP contribution in [-0.4, -0.2) is 15.2 Å². The molecule has 4 heteroatoms. The van der Waals surface area contributed by atoms with Gasteiger partial charge in [-0.25, -0.2) is 4.98 Å². The van der Waals surface area contributed by atoms with Crippen molar-refractivity contribution in [3.8, 4) is 0 Å². The Morgan fingerprint density at radius 1 is 1.53 bits per heavy atom. The van der Waals surface area contributed by atoms with E-state index in [4.69, 9.17) is 10.2 Å². The number of aryl methyl sites for hydroxylation is 1. The van der Waals surface area contributed by atoms with Gasteiger partial charge in [-0.05, 0) is 38.8 Å². The molecule has 0 spiro atoms. The van der Waals surface area contributed by atoms with E-state index in [0.29, 0.717) is 6.42 Å². The molecule has 1 heterocycles. The van der Waals surface area contributed by atoms with Gasteiger partial charge in [-0.15, -0.1) is 11.3 Å². The molecule has 2 N–H and O–H groups in total. The maximum absolute atomic E-state index is 8.54. The molecule has 82 valence electrons. The third-order valence-electron chi connectivity index (χ3n) is 1.90. The lowest BCUT2D eigenvalue weighted by atomic mass is 10.1. The number of nitrogens with zero attached hydrogens (tertiary/aromatic N) is 1. The molecule has 3 nitrogen and oxygen atoms in total. The van der Waals surface area contributed by atoms with Crippen LogP contribution in [0.1, 0.15) is 30.5 Å². The van der Waals surface area contributed by atoms with E-state index in [-0.39, 0.29) is 0 Å². The summed E-state index contributed by atoms with van der Waals surface area (Å²) in [6.45, 7) is 3.99. The molecule has 0 aliphatic rings. The molecule has 1 aromatic rings. The normalized spacial score (nSPS) is 11.5. The molecule has 0 bridgehead atoms. The summed E-state index contributed by atoms with van der Waals surface area (Å²) in [6.07, 6.45) is 4.85. The Morgan fingerprint density at radius 2 is 2.27 bits per heavy atom. The van der Waals surface area contributed by atoms with Crippen molar-refractivity contribution < 1.29 is 10.2 Å². The summed E-state index contributed by atoms with van der Waals surface area (Å²) in [6, 6.07) is 0. The lowest BCUT2D eigenvalue weighted by Gasteiger charge is -1.96. The van der Waals surface area contributed by atoms with E-state index in [0.717, 1.165) is 17.1 Å². The van der Waals surface area contributed by atoms with Crippen LogP contribution in [0.2, 0.25) is 0 Å². The van der Waals surface area contributed by atoms with Gasteiger partial charge in [-0.2, -0.15) is 0 Å². The first-order valence-electron chi connectivity index (χ1n) is 4.75. The minimum absolute atomic E-state index is 0.604. The summed E-state index contributed by atoms with van der Waals surface area (Å²) in [7, 11) is 0. The monoisotopic (exact) mass is 225 g/mol. The van der Waals surface area contributed by atoms with E-state index in [9.17, 15) is 0 Å². The molecule has 0 unspecified atom stereocenters. The quantitative estimate of drug-likeness (QED) is 0.770. The highest BCUT2D eigenvalue weighted by Crippen LogP contribution is 2.14. The van der Waals surface area contributed by atoms with Crippen molar-refractivity contribution in [2.45, 2.75) is 26.7 Å². The molecule has 0 saturated heterocycles. The van der Waals surface area contributed by atoms with Crippen molar-refractivity contribution in [2.75, 3.05) is 0 Å². The number of thiazole rings is 1. The van der Waals surface area contributed by atoms with Gasteiger partial charge in [0.2, 0.25) is 0 Å². The second-order valence-corrected chi connectivity index (χ2v) is 4.45. The molecule has 15 heavy (non-hydrogen) atoms. The molecule has 0 atom stereocenters. The second kappa shape index (κ2) is 5.56. The van der Waals surface area contributed by atoms with E-state index < -0.39 is 5.95 Å². The van der Waals surface area contributed by atoms with Gasteiger partial charge < -0.3 is 10.2 Å². The van der Waals surface area contributed by atoms with Crippen molar-refractivity contribution in [1.29, 1.82) is 0 Å². The van der Waals surface area contributed by atoms with Crippen LogP contribution >= 0.6 is 11.3 Å². The fourth-order valence-corrected chi connectivity index (χ4v) is 1.77. The third-order valence-corrected chi connectivity index (χ3v) is 2.69. The van der Waals surface area contributed by atoms with Gasteiger partial charge in [0.1, 0.15) is 0 Å². The zero-order chi connectivity index (χ0) is 11.3.